The van der Waals surface area contributed by atoms with Crippen LogP contribution in [0.15, 0.2) is 30.6 Å². The van der Waals surface area contributed by atoms with Crippen LogP contribution in [0.2, 0.25) is 0 Å². The zero-order valence-electron chi connectivity index (χ0n) is 11.0. The maximum atomic E-state index is 11.9. The second kappa shape index (κ2) is 5.43. The number of primary amides is 1. The molecule has 0 saturated heterocycles. The number of nitrogen functional groups attached to an aromatic ring is 1. The zero-order chi connectivity index (χ0) is 14.7. The Balaban J connectivity index is 2.05. The van der Waals surface area contributed by atoms with Gasteiger partial charge in [0.05, 0.1) is 11.8 Å². The van der Waals surface area contributed by atoms with Gasteiger partial charge in [-0.25, -0.2) is 0 Å². The van der Waals surface area contributed by atoms with Crippen molar-refractivity contribution in [3.8, 4) is 0 Å². The number of aromatic nitrogens is 2. The van der Waals surface area contributed by atoms with E-state index >= 15 is 0 Å². The van der Waals surface area contributed by atoms with E-state index in [-0.39, 0.29) is 18.0 Å². The number of amides is 2. The SMILES string of the molecule is Cc1ccc(N)cc1NC(=O)Cn1cc(C(N)=O)cn1. The summed E-state index contributed by atoms with van der Waals surface area (Å²) in [7, 11) is 0. The second-order valence-corrected chi connectivity index (χ2v) is 4.41. The maximum Gasteiger partial charge on any atom is 0.251 e. The molecule has 7 nitrogen and oxygen atoms in total. The summed E-state index contributed by atoms with van der Waals surface area (Å²) in [6.07, 6.45) is 2.75. The third kappa shape index (κ3) is 3.14. The predicted octanol–water partition coefficient (Wildman–Crippen LogP) is 0.511. The van der Waals surface area contributed by atoms with Gasteiger partial charge in [-0.2, -0.15) is 5.10 Å². The lowest BCUT2D eigenvalue weighted by Crippen LogP contribution is -2.19. The van der Waals surface area contributed by atoms with Crippen LogP contribution in [0.1, 0.15) is 15.9 Å². The molecular weight excluding hydrogens is 258 g/mol. The van der Waals surface area contributed by atoms with Crippen LogP contribution in [0.25, 0.3) is 0 Å². The molecule has 0 bridgehead atoms. The lowest BCUT2D eigenvalue weighted by Gasteiger charge is -2.09. The molecule has 2 amide bonds. The molecule has 0 aliphatic heterocycles. The molecule has 0 unspecified atom stereocenters. The summed E-state index contributed by atoms with van der Waals surface area (Å²) < 4.78 is 1.34. The van der Waals surface area contributed by atoms with Crippen molar-refractivity contribution in [2.75, 3.05) is 11.1 Å². The third-order valence-electron chi connectivity index (χ3n) is 2.76. The number of rotatable bonds is 4. The van der Waals surface area contributed by atoms with Gasteiger partial charge in [0.1, 0.15) is 6.54 Å². The van der Waals surface area contributed by atoms with Gasteiger partial charge >= 0.3 is 0 Å². The van der Waals surface area contributed by atoms with Crippen molar-refractivity contribution in [1.29, 1.82) is 0 Å². The zero-order valence-corrected chi connectivity index (χ0v) is 11.0. The smallest absolute Gasteiger partial charge is 0.251 e. The van der Waals surface area contributed by atoms with Gasteiger partial charge in [-0.3, -0.25) is 14.3 Å². The molecule has 5 N–H and O–H groups in total. The van der Waals surface area contributed by atoms with Crippen LogP contribution in [0.3, 0.4) is 0 Å². The number of nitrogens with one attached hydrogen (secondary N) is 1. The number of aryl methyl sites for hydroxylation is 1. The highest BCUT2D eigenvalue weighted by atomic mass is 16.2. The van der Waals surface area contributed by atoms with Crippen molar-refractivity contribution in [1.82, 2.24) is 9.78 Å². The summed E-state index contributed by atoms with van der Waals surface area (Å²) in [5.74, 6) is -0.846. The van der Waals surface area contributed by atoms with Gasteiger partial charge in [-0.1, -0.05) is 6.07 Å². The highest BCUT2D eigenvalue weighted by molar-refractivity contribution is 5.93. The van der Waals surface area contributed by atoms with Crippen molar-refractivity contribution >= 4 is 23.2 Å². The molecule has 0 saturated carbocycles. The van der Waals surface area contributed by atoms with Gasteiger partial charge in [-0.05, 0) is 24.6 Å². The fourth-order valence-electron chi connectivity index (χ4n) is 1.69. The number of anilines is 2. The maximum absolute atomic E-state index is 11.9. The Labute approximate surface area is 115 Å². The molecule has 104 valence electrons. The third-order valence-corrected chi connectivity index (χ3v) is 2.76. The van der Waals surface area contributed by atoms with Crippen LogP contribution in [0.5, 0.6) is 0 Å². The summed E-state index contributed by atoms with van der Waals surface area (Å²) >= 11 is 0. The van der Waals surface area contributed by atoms with Crippen LogP contribution in [-0.4, -0.2) is 21.6 Å². The Hall–Kier alpha value is -2.83. The summed E-state index contributed by atoms with van der Waals surface area (Å²) in [6, 6.07) is 5.27. The molecule has 1 heterocycles. The minimum absolute atomic E-state index is 0.0124. The van der Waals surface area contributed by atoms with Crippen molar-refractivity contribution in [3.63, 3.8) is 0 Å². The Bertz CT molecular complexity index is 663. The van der Waals surface area contributed by atoms with Crippen molar-refractivity contribution < 1.29 is 9.59 Å². The minimum atomic E-state index is -0.580. The quantitative estimate of drug-likeness (QED) is 0.704. The van der Waals surface area contributed by atoms with Gasteiger partial charge in [-0.15, -0.1) is 0 Å². The number of benzene rings is 1. The summed E-state index contributed by atoms with van der Waals surface area (Å²) in [5.41, 5.74) is 13.2. The average Bonchev–Trinajstić information content (AvgIpc) is 2.82. The van der Waals surface area contributed by atoms with E-state index < -0.39 is 5.91 Å². The van der Waals surface area contributed by atoms with E-state index in [0.717, 1.165) is 5.56 Å². The number of carbonyl (C=O) groups excluding carboxylic acids is 2. The molecule has 2 aromatic rings. The molecule has 0 spiro atoms. The first-order chi connectivity index (χ1) is 9.45. The molecule has 20 heavy (non-hydrogen) atoms. The van der Waals surface area contributed by atoms with E-state index in [1.807, 2.05) is 13.0 Å². The number of nitrogens with two attached hydrogens (primary N) is 2. The number of carbonyl (C=O) groups is 2. The van der Waals surface area contributed by atoms with Gasteiger partial charge in [0.2, 0.25) is 5.91 Å². The molecule has 1 aromatic carbocycles. The second-order valence-electron chi connectivity index (χ2n) is 4.41. The van der Waals surface area contributed by atoms with E-state index in [9.17, 15) is 9.59 Å². The Kier molecular flexibility index (Phi) is 3.69. The Morgan fingerprint density at radius 3 is 2.80 bits per heavy atom. The van der Waals surface area contributed by atoms with Crippen LogP contribution in [0.4, 0.5) is 11.4 Å². The van der Waals surface area contributed by atoms with Gasteiger partial charge in [0, 0.05) is 17.6 Å². The summed E-state index contributed by atoms with van der Waals surface area (Å²) in [6.45, 7) is 1.86. The average molecular weight is 273 g/mol. The van der Waals surface area contributed by atoms with E-state index in [4.69, 9.17) is 11.5 Å². The molecular formula is C13H15N5O2. The van der Waals surface area contributed by atoms with Gasteiger partial charge < -0.3 is 16.8 Å². The minimum Gasteiger partial charge on any atom is -0.399 e. The van der Waals surface area contributed by atoms with E-state index in [1.165, 1.54) is 17.1 Å². The number of hydrogen-bond acceptors (Lipinski definition) is 4. The standard InChI is InChI=1S/C13H15N5O2/c1-8-2-3-10(14)4-11(8)17-12(19)7-18-6-9(5-16-18)13(15)20/h2-6H,7,14H2,1H3,(H2,15,20)(H,17,19). The normalized spacial score (nSPS) is 10.2. The first-order valence-corrected chi connectivity index (χ1v) is 5.94. The monoisotopic (exact) mass is 273 g/mol. The first-order valence-electron chi connectivity index (χ1n) is 5.94. The molecule has 1 aromatic heterocycles. The fraction of sp³-hybridized carbons (Fsp3) is 0.154. The molecule has 2 rings (SSSR count). The highest BCUT2D eigenvalue weighted by Gasteiger charge is 2.09. The topological polar surface area (TPSA) is 116 Å². The molecule has 0 atom stereocenters. The number of hydrogen-bond donors (Lipinski definition) is 3. The van der Waals surface area contributed by atoms with E-state index in [2.05, 4.69) is 10.4 Å². The summed E-state index contributed by atoms with van der Waals surface area (Å²) in [5, 5.41) is 6.63. The lowest BCUT2D eigenvalue weighted by atomic mass is 10.2. The number of nitrogens with zero attached hydrogens (tertiary/aromatic N) is 2. The largest absolute Gasteiger partial charge is 0.399 e. The molecule has 0 fully saturated rings. The highest BCUT2D eigenvalue weighted by Crippen LogP contribution is 2.18. The van der Waals surface area contributed by atoms with Crippen LogP contribution in [0, 0.1) is 6.92 Å². The summed E-state index contributed by atoms with van der Waals surface area (Å²) in [4.78, 5) is 22.8. The van der Waals surface area contributed by atoms with Crippen LogP contribution >= 0.6 is 0 Å². The molecule has 0 radical (unpaired) electrons. The van der Waals surface area contributed by atoms with Crippen molar-refractivity contribution in [2.24, 2.45) is 5.73 Å². The van der Waals surface area contributed by atoms with E-state index in [1.54, 1.807) is 12.1 Å². The van der Waals surface area contributed by atoms with Gasteiger partial charge in [0.15, 0.2) is 0 Å². The van der Waals surface area contributed by atoms with E-state index in [0.29, 0.717) is 11.4 Å². The lowest BCUT2D eigenvalue weighted by molar-refractivity contribution is -0.116. The Morgan fingerprint density at radius 1 is 1.40 bits per heavy atom. The van der Waals surface area contributed by atoms with Crippen molar-refractivity contribution in [3.05, 3.63) is 41.7 Å². The molecule has 0 aliphatic rings. The predicted molar refractivity (Wildman–Crippen MR) is 75.0 cm³/mol. The van der Waals surface area contributed by atoms with Crippen LogP contribution in [-0.2, 0) is 11.3 Å². The molecule has 7 heteroatoms. The Morgan fingerprint density at radius 2 is 2.15 bits per heavy atom. The fourth-order valence-corrected chi connectivity index (χ4v) is 1.69. The van der Waals surface area contributed by atoms with Gasteiger partial charge in [0.25, 0.3) is 5.91 Å². The first kappa shape index (κ1) is 13.6. The van der Waals surface area contributed by atoms with Crippen molar-refractivity contribution in [2.45, 2.75) is 13.5 Å². The molecule has 0 aliphatic carbocycles. The van der Waals surface area contributed by atoms with Crippen LogP contribution < -0.4 is 16.8 Å².